The minimum atomic E-state index is -0.559. The van der Waals surface area contributed by atoms with E-state index in [0.29, 0.717) is 23.8 Å². The highest BCUT2D eigenvalue weighted by Gasteiger charge is 2.23. The minimum Gasteiger partial charge on any atom is -0.508 e. The number of rotatable bonds is 3. The monoisotopic (exact) mass is 299 g/mol. The first-order valence-electron chi connectivity index (χ1n) is 6.47. The second-order valence-electron chi connectivity index (χ2n) is 4.71. The van der Waals surface area contributed by atoms with Gasteiger partial charge in [0.2, 0.25) is 0 Å². The van der Waals surface area contributed by atoms with Gasteiger partial charge in [-0.05, 0) is 13.0 Å². The van der Waals surface area contributed by atoms with Crippen molar-refractivity contribution in [3.63, 3.8) is 0 Å². The molecule has 0 aromatic heterocycles. The zero-order chi connectivity index (χ0) is 14.7. The summed E-state index contributed by atoms with van der Waals surface area (Å²) in [4.78, 5) is 13.6. The number of hydrogen-bond donors (Lipinski definition) is 1. The topological polar surface area (TPSA) is 59.0 Å². The first-order valence-corrected chi connectivity index (χ1v) is 6.85. The Morgan fingerprint density at radius 2 is 2.10 bits per heavy atom. The first-order chi connectivity index (χ1) is 9.54. The molecule has 1 aromatic rings. The van der Waals surface area contributed by atoms with Crippen LogP contribution in [0, 0.1) is 0 Å². The molecule has 2 rings (SSSR count). The van der Waals surface area contributed by atoms with Crippen LogP contribution in [-0.2, 0) is 14.3 Å². The Bertz CT molecular complexity index is 500. The van der Waals surface area contributed by atoms with Gasteiger partial charge < -0.3 is 19.5 Å². The fourth-order valence-corrected chi connectivity index (χ4v) is 2.55. The van der Waals surface area contributed by atoms with E-state index in [1.165, 1.54) is 7.11 Å². The Labute approximate surface area is 123 Å². The second kappa shape index (κ2) is 6.33. The molecule has 0 saturated carbocycles. The summed E-state index contributed by atoms with van der Waals surface area (Å²) in [6.45, 7) is 4.40. The first kappa shape index (κ1) is 14.9. The highest BCUT2D eigenvalue weighted by Crippen LogP contribution is 2.36. The van der Waals surface area contributed by atoms with Crippen molar-refractivity contribution in [2.24, 2.45) is 0 Å². The third kappa shape index (κ3) is 2.99. The van der Waals surface area contributed by atoms with Crippen molar-refractivity contribution < 1.29 is 19.4 Å². The van der Waals surface area contributed by atoms with E-state index >= 15 is 0 Å². The summed E-state index contributed by atoms with van der Waals surface area (Å²) in [5, 5.41) is 10.6. The standard InChI is InChI=1S/C14H18ClNO4/c1-9(14(18)19-2)10-7-11(15)12(8-13(10)17)16-3-5-20-6-4-16/h7-9,17H,3-6H2,1-2H3. The number of esters is 1. The molecule has 1 aromatic carbocycles. The zero-order valence-corrected chi connectivity index (χ0v) is 12.3. The number of carbonyl (C=O) groups is 1. The third-order valence-corrected chi connectivity index (χ3v) is 3.77. The Morgan fingerprint density at radius 3 is 2.70 bits per heavy atom. The predicted octanol–water partition coefficient (Wildman–Crippen LogP) is 2.16. The number of phenolic OH excluding ortho intramolecular Hbond substituents is 1. The van der Waals surface area contributed by atoms with Crippen LogP contribution in [0.25, 0.3) is 0 Å². The minimum absolute atomic E-state index is 0.0498. The molecule has 1 aliphatic rings. The number of hydrogen-bond acceptors (Lipinski definition) is 5. The highest BCUT2D eigenvalue weighted by molar-refractivity contribution is 6.33. The molecular formula is C14H18ClNO4. The molecule has 1 aliphatic heterocycles. The van der Waals surface area contributed by atoms with E-state index in [1.807, 2.05) is 0 Å². The summed E-state index contributed by atoms with van der Waals surface area (Å²) < 4.78 is 9.98. The fourth-order valence-electron chi connectivity index (χ4n) is 2.26. The molecule has 1 N–H and O–H groups in total. The molecule has 5 nitrogen and oxygen atoms in total. The fraction of sp³-hybridized carbons (Fsp3) is 0.500. The molecule has 1 heterocycles. The van der Waals surface area contributed by atoms with E-state index in [9.17, 15) is 9.90 Å². The molecule has 110 valence electrons. The number of benzene rings is 1. The van der Waals surface area contributed by atoms with Gasteiger partial charge in [-0.2, -0.15) is 0 Å². The maximum Gasteiger partial charge on any atom is 0.312 e. The molecule has 1 saturated heterocycles. The molecule has 20 heavy (non-hydrogen) atoms. The molecule has 0 bridgehead atoms. The normalized spacial score (nSPS) is 16.9. The average Bonchev–Trinajstić information content (AvgIpc) is 2.48. The van der Waals surface area contributed by atoms with Crippen LogP contribution in [-0.4, -0.2) is 44.5 Å². The summed E-state index contributed by atoms with van der Waals surface area (Å²) in [6, 6.07) is 3.23. The van der Waals surface area contributed by atoms with Crippen LogP contribution in [0.1, 0.15) is 18.4 Å². The summed E-state index contributed by atoms with van der Waals surface area (Å²) in [5.41, 5.74) is 1.23. The van der Waals surface area contributed by atoms with Crippen molar-refractivity contribution in [2.45, 2.75) is 12.8 Å². The van der Waals surface area contributed by atoms with Crippen molar-refractivity contribution >= 4 is 23.3 Å². The average molecular weight is 300 g/mol. The Morgan fingerprint density at radius 1 is 1.45 bits per heavy atom. The number of halogens is 1. The number of methoxy groups -OCH3 is 1. The molecule has 0 aliphatic carbocycles. The van der Waals surface area contributed by atoms with Crippen molar-refractivity contribution in [3.05, 3.63) is 22.7 Å². The summed E-state index contributed by atoms with van der Waals surface area (Å²) in [7, 11) is 1.32. The highest BCUT2D eigenvalue weighted by atomic mass is 35.5. The summed E-state index contributed by atoms with van der Waals surface area (Å²) in [6.07, 6.45) is 0. The van der Waals surface area contributed by atoms with Crippen LogP contribution in [0.2, 0.25) is 5.02 Å². The lowest BCUT2D eigenvalue weighted by Crippen LogP contribution is -2.36. The van der Waals surface area contributed by atoms with Crippen LogP contribution >= 0.6 is 11.6 Å². The van der Waals surface area contributed by atoms with E-state index in [2.05, 4.69) is 9.64 Å². The summed E-state index contributed by atoms with van der Waals surface area (Å²) in [5.74, 6) is -0.916. The van der Waals surface area contributed by atoms with Crippen molar-refractivity contribution in [1.29, 1.82) is 0 Å². The van der Waals surface area contributed by atoms with Crippen LogP contribution in [0.15, 0.2) is 12.1 Å². The number of ether oxygens (including phenoxy) is 2. The second-order valence-corrected chi connectivity index (χ2v) is 5.11. The largest absolute Gasteiger partial charge is 0.508 e. The molecule has 0 radical (unpaired) electrons. The van der Waals surface area contributed by atoms with Gasteiger partial charge in [-0.1, -0.05) is 11.6 Å². The number of carbonyl (C=O) groups excluding carboxylic acids is 1. The smallest absolute Gasteiger partial charge is 0.312 e. The van der Waals surface area contributed by atoms with Crippen LogP contribution < -0.4 is 4.90 Å². The molecule has 6 heteroatoms. The third-order valence-electron chi connectivity index (χ3n) is 3.47. The number of morpholine rings is 1. The molecular weight excluding hydrogens is 282 g/mol. The lowest BCUT2D eigenvalue weighted by atomic mass is 9.99. The van der Waals surface area contributed by atoms with E-state index in [0.717, 1.165) is 18.8 Å². The van der Waals surface area contributed by atoms with E-state index < -0.39 is 11.9 Å². The Hall–Kier alpha value is -1.46. The van der Waals surface area contributed by atoms with Crippen molar-refractivity contribution in [3.8, 4) is 5.75 Å². The van der Waals surface area contributed by atoms with Gasteiger partial charge in [-0.15, -0.1) is 0 Å². The van der Waals surface area contributed by atoms with Gasteiger partial charge in [0.05, 0.1) is 37.0 Å². The lowest BCUT2D eigenvalue weighted by molar-refractivity contribution is -0.142. The van der Waals surface area contributed by atoms with Crippen LogP contribution in [0.5, 0.6) is 5.75 Å². The van der Waals surface area contributed by atoms with Gasteiger partial charge in [-0.3, -0.25) is 4.79 Å². The van der Waals surface area contributed by atoms with Crippen molar-refractivity contribution in [1.82, 2.24) is 0 Å². The van der Waals surface area contributed by atoms with Crippen LogP contribution in [0.3, 0.4) is 0 Å². The van der Waals surface area contributed by atoms with Gasteiger partial charge in [0.25, 0.3) is 0 Å². The van der Waals surface area contributed by atoms with E-state index in [4.69, 9.17) is 16.3 Å². The number of anilines is 1. The SMILES string of the molecule is COC(=O)C(C)c1cc(Cl)c(N2CCOCC2)cc1O. The maximum atomic E-state index is 11.6. The van der Waals surface area contributed by atoms with Crippen LogP contribution in [0.4, 0.5) is 5.69 Å². The van der Waals surface area contributed by atoms with Gasteiger partial charge >= 0.3 is 5.97 Å². The van der Waals surface area contributed by atoms with E-state index in [-0.39, 0.29) is 5.75 Å². The van der Waals surface area contributed by atoms with Gasteiger partial charge in [0.15, 0.2) is 0 Å². The molecule has 0 amide bonds. The molecule has 1 unspecified atom stereocenters. The predicted molar refractivity (Wildman–Crippen MR) is 76.6 cm³/mol. The molecule has 1 atom stereocenters. The number of aromatic hydroxyl groups is 1. The Kier molecular flexibility index (Phi) is 4.73. The van der Waals surface area contributed by atoms with Gasteiger partial charge in [0, 0.05) is 24.7 Å². The van der Waals surface area contributed by atoms with Gasteiger partial charge in [0.1, 0.15) is 5.75 Å². The van der Waals surface area contributed by atoms with E-state index in [1.54, 1.807) is 19.1 Å². The quantitative estimate of drug-likeness (QED) is 0.867. The number of nitrogens with zero attached hydrogens (tertiary/aromatic N) is 1. The zero-order valence-electron chi connectivity index (χ0n) is 11.6. The lowest BCUT2D eigenvalue weighted by Gasteiger charge is -2.30. The molecule has 0 spiro atoms. The van der Waals surface area contributed by atoms with Gasteiger partial charge in [-0.25, -0.2) is 0 Å². The number of phenols is 1. The summed E-state index contributed by atoms with van der Waals surface area (Å²) >= 11 is 6.28. The molecule has 1 fully saturated rings. The Balaban J connectivity index is 2.30. The van der Waals surface area contributed by atoms with Crippen molar-refractivity contribution in [2.75, 3.05) is 38.3 Å². The maximum absolute atomic E-state index is 11.6.